The largest absolute Gasteiger partial charge is 0.493 e. The number of rotatable bonds is 6. The Bertz CT molecular complexity index is 717. The van der Waals surface area contributed by atoms with Gasteiger partial charge in [-0.3, -0.25) is 4.79 Å². The lowest BCUT2D eigenvalue weighted by Crippen LogP contribution is -2.17. The van der Waals surface area contributed by atoms with Crippen LogP contribution in [0.15, 0.2) is 47.6 Å². The van der Waals surface area contributed by atoms with Gasteiger partial charge in [0.15, 0.2) is 11.5 Å². The third-order valence-electron chi connectivity index (χ3n) is 2.99. The fourth-order valence-corrected chi connectivity index (χ4v) is 2.13. The fourth-order valence-electron chi connectivity index (χ4n) is 1.91. The number of hydrazone groups is 1. The molecule has 23 heavy (non-hydrogen) atoms. The van der Waals surface area contributed by atoms with E-state index in [2.05, 4.69) is 10.5 Å². The summed E-state index contributed by atoms with van der Waals surface area (Å²) in [6.07, 6.45) is 1.52. The van der Waals surface area contributed by atoms with Gasteiger partial charge in [-0.2, -0.15) is 5.10 Å². The van der Waals surface area contributed by atoms with E-state index in [4.69, 9.17) is 21.1 Å². The summed E-state index contributed by atoms with van der Waals surface area (Å²) in [5.74, 6) is 0.894. The quantitative estimate of drug-likeness (QED) is 0.650. The SMILES string of the molecule is CCOc1ccc(/C=N\NC(=O)c2ccccc2Cl)cc1OC. The standard InChI is InChI=1S/C17H17ClN2O3/c1-3-23-15-9-8-12(10-16(15)22-2)11-19-20-17(21)13-6-4-5-7-14(13)18/h4-11H,3H2,1-2H3,(H,20,21)/b19-11-. The summed E-state index contributed by atoms with van der Waals surface area (Å²) in [4.78, 5) is 12.0. The Balaban J connectivity index is 2.06. The minimum atomic E-state index is -0.371. The number of ether oxygens (including phenoxy) is 2. The van der Waals surface area contributed by atoms with E-state index in [0.29, 0.717) is 28.7 Å². The Hall–Kier alpha value is -2.53. The lowest BCUT2D eigenvalue weighted by atomic mass is 10.2. The fraction of sp³-hybridized carbons (Fsp3) is 0.176. The first-order valence-corrected chi connectivity index (χ1v) is 7.42. The van der Waals surface area contributed by atoms with E-state index in [-0.39, 0.29) is 5.91 Å². The van der Waals surface area contributed by atoms with E-state index >= 15 is 0 Å². The van der Waals surface area contributed by atoms with Gasteiger partial charge >= 0.3 is 0 Å². The molecule has 0 saturated heterocycles. The number of carbonyl (C=O) groups is 1. The summed E-state index contributed by atoms with van der Waals surface area (Å²) in [6.45, 7) is 2.46. The Labute approximate surface area is 139 Å². The number of methoxy groups -OCH3 is 1. The van der Waals surface area contributed by atoms with Crippen molar-refractivity contribution in [3.63, 3.8) is 0 Å². The van der Waals surface area contributed by atoms with Gasteiger partial charge < -0.3 is 9.47 Å². The molecule has 0 unspecified atom stereocenters. The predicted octanol–water partition coefficient (Wildman–Crippen LogP) is 3.51. The van der Waals surface area contributed by atoms with Crippen LogP contribution in [0.4, 0.5) is 0 Å². The summed E-state index contributed by atoms with van der Waals surface area (Å²) in [7, 11) is 1.57. The maximum atomic E-state index is 12.0. The minimum absolute atomic E-state index is 0.371. The molecule has 0 atom stereocenters. The van der Waals surface area contributed by atoms with Crippen molar-refractivity contribution in [2.45, 2.75) is 6.92 Å². The summed E-state index contributed by atoms with van der Waals surface area (Å²) in [5, 5.41) is 4.31. The molecule has 2 aromatic rings. The van der Waals surface area contributed by atoms with Crippen molar-refractivity contribution >= 4 is 23.7 Å². The first-order valence-electron chi connectivity index (χ1n) is 7.04. The Morgan fingerprint density at radius 2 is 2.04 bits per heavy atom. The summed E-state index contributed by atoms with van der Waals surface area (Å²) >= 11 is 5.96. The highest BCUT2D eigenvalue weighted by atomic mass is 35.5. The first-order chi connectivity index (χ1) is 11.2. The first kappa shape index (κ1) is 16.8. The molecule has 0 fully saturated rings. The monoisotopic (exact) mass is 332 g/mol. The molecule has 0 aliphatic carbocycles. The predicted molar refractivity (Wildman–Crippen MR) is 90.7 cm³/mol. The molecule has 0 aliphatic heterocycles. The Morgan fingerprint density at radius 3 is 2.74 bits per heavy atom. The van der Waals surface area contributed by atoms with Gasteiger partial charge in [0.2, 0.25) is 0 Å². The third kappa shape index (κ3) is 4.47. The smallest absolute Gasteiger partial charge is 0.272 e. The average Bonchev–Trinajstić information content (AvgIpc) is 2.56. The van der Waals surface area contributed by atoms with Gasteiger partial charge in [0.25, 0.3) is 5.91 Å². The second-order valence-electron chi connectivity index (χ2n) is 4.52. The molecule has 0 radical (unpaired) electrons. The van der Waals surface area contributed by atoms with Crippen LogP contribution in [-0.4, -0.2) is 25.8 Å². The molecule has 0 bridgehead atoms. The number of nitrogens with one attached hydrogen (secondary N) is 1. The van der Waals surface area contributed by atoms with Crippen molar-refractivity contribution in [1.29, 1.82) is 0 Å². The maximum absolute atomic E-state index is 12.0. The van der Waals surface area contributed by atoms with Crippen LogP contribution in [0.25, 0.3) is 0 Å². The number of hydrogen-bond acceptors (Lipinski definition) is 4. The number of benzene rings is 2. The van der Waals surface area contributed by atoms with Gasteiger partial charge in [-0.05, 0) is 42.8 Å². The summed E-state index contributed by atoms with van der Waals surface area (Å²) in [5.41, 5.74) is 3.58. The van der Waals surface area contributed by atoms with Crippen LogP contribution in [-0.2, 0) is 0 Å². The molecule has 0 spiro atoms. The second-order valence-corrected chi connectivity index (χ2v) is 4.93. The molecule has 0 aromatic heterocycles. The van der Waals surface area contributed by atoms with Gasteiger partial charge in [0, 0.05) is 0 Å². The topological polar surface area (TPSA) is 59.9 Å². The zero-order chi connectivity index (χ0) is 16.7. The second kappa shape index (κ2) is 8.19. The maximum Gasteiger partial charge on any atom is 0.272 e. The number of amides is 1. The highest BCUT2D eigenvalue weighted by Gasteiger charge is 2.08. The van der Waals surface area contributed by atoms with E-state index in [9.17, 15) is 4.79 Å². The molecule has 1 amide bonds. The molecule has 6 heteroatoms. The van der Waals surface area contributed by atoms with Crippen LogP contribution >= 0.6 is 11.6 Å². The molecule has 0 aliphatic rings. The van der Waals surface area contributed by atoms with Gasteiger partial charge in [-0.25, -0.2) is 5.43 Å². The minimum Gasteiger partial charge on any atom is -0.493 e. The normalized spacial score (nSPS) is 10.6. The van der Waals surface area contributed by atoms with Crippen molar-refractivity contribution in [2.24, 2.45) is 5.10 Å². The zero-order valence-corrected chi connectivity index (χ0v) is 13.6. The summed E-state index contributed by atoms with van der Waals surface area (Å²) < 4.78 is 10.7. The highest BCUT2D eigenvalue weighted by Crippen LogP contribution is 2.27. The molecule has 1 N–H and O–H groups in total. The number of nitrogens with zero attached hydrogens (tertiary/aromatic N) is 1. The highest BCUT2D eigenvalue weighted by molar-refractivity contribution is 6.33. The van der Waals surface area contributed by atoms with Gasteiger partial charge in [-0.1, -0.05) is 23.7 Å². The van der Waals surface area contributed by atoms with Crippen LogP contribution in [0.1, 0.15) is 22.8 Å². The van der Waals surface area contributed by atoms with Crippen LogP contribution in [0.3, 0.4) is 0 Å². The van der Waals surface area contributed by atoms with Crippen molar-refractivity contribution in [3.05, 3.63) is 58.6 Å². The molecule has 5 nitrogen and oxygen atoms in total. The lowest BCUT2D eigenvalue weighted by Gasteiger charge is -2.09. The average molecular weight is 333 g/mol. The molecule has 120 valence electrons. The van der Waals surface area contributed by atoms with Crippen molar-refractivity contribution in [2.75, 3.05) is 13.7 Å². The molecule has 0 heterocycles. The number of carbonyl (C=O) groups excluding carboxylic acids is 1. The Morgan fingerprint density at radius 1 is 1.26 bits per heavy atom. The van der Waals surface area contributed by atoms with Gasteiger partial charge in [0.05, 0.1) is 30.5 Å². The van der Waals surface area contributed by atoms with Crippen molar-refractivity contribution in [1.82, 2.24) is 5.43 Å². The Kier molecular flexibility index (Phi) is 6.00. The van der Waals surface area contributed by atoms with E-state index in [0.717, 1.165) is 5.56 Å². The molecular weight excluding hydrogens is 316 g/mol. The van der Waals surface area contributed by atoms with Crippen molar-refractivity contribution < 1.29 is 14.3 Å². The molecule has 0 saturated carbocycles. The number of halogens is 1. The van der Waals surface area contributed by atoms with Crippen LogP contribution in [0, 0.1) is 0 Å². The lowest BCUT2D eigenvalue weighted by molar-refractivity contribution is 0.0955. The van der Waals surface area contributed by atoms with E-state index in [1.165, 1.54) is 6.21 Å². The van der Waals surface area contributed by atoms with E-state index < -0.39 is 0 Å². The van der Waals surface area contributed by atoms with Crippen LogP contribution < -0.4 is 14.9 Å². The van der Waals surface area contributed by atoms with E-state index in [1.54, 1.807) is 43.5 Å². The van der Waals surface area contributed by atoms with Crippen LogP contribution in [0.2, 0.25) is 5.02 Å². The number of hydrogen-bond donors (Lipinski definition) is 1. The molecule has 2 rings (SSSR count). The van der Waals surface area contributed by atoms with E-state index in [1.807, 2.05) is 13.0 Å². The third-order valence-corrected chi connectivity index (χ3v) is 3.32. The van der Waals surface area contributed by atoms with Crippen LogP contribution in [0.5, 0.6) is 11.5 Å². The van der Waals surface area contributed by atoms with Gasteiger partial charge in [0.1, 0.15) is 0 Å². The molecular formula is C17H17ClN2O3. The zero-order valence-electron chi connectivity index (χ0n) is 12.9. The molecule has 2 aromatic carbocycles. The van der Waals surface area contributed by atoms with Gasteiger partial charge in [-0.15, -0.1) is 0 Å². The van der Waals surface area contributed by atoms with Crippen molar-refractivity contribution in [3.8, 4) is 11.5 Å². The summed E-state index contributed by atoms with van der Waals surface area (Å²) in [6, 6.07) is 12.2.